The number of Topliss-reactive ketones (excluding diaryl/α,β-unsaturated/α-hetero) is 1. The maximum Gasteiger partial charge on any atom is 0.295 e. The van der Waals surface area contributed by atoms with E-state index in [9.17, 15) is 14.7 Å². The summed E-state index contributed by atoms with van der Waals surface area (Å²) < 4.78 is 10.9. The largest absolute Gasteiger partial charge is 0.507 e. The number of methoxy groups -OCH3 is 1. The van der Waals surface area contributed by atoms with Gasteiger partial charge in [0.1, 0.15) is 11.5 Å². The molecule has 1 N–H and O–H groups in total. The Balaban J connectivity index is 2.04. The fourth-order valence-corrected chi connectivity index (χ4v) is 3.88. The maximum absolute atomic E-state index is 13.1. The number of aryl methyl sites for hydroxylation is 1. The summed E-state index contributed by atoms with van der Waals surface area (Å²) in [6.45, 7) is 6.76. The predicted octanol–water partition coefficient (Wildman–Crippen LogP) is 4.49. The zero-order chi connectivity index (χ0) is 23.3. The monoisotopic (exact) mass is 437 g/mol. The van der Waals surface area contributed by atoms with E-state index in [4.69, 9.17) is 9.47 Å². The molecule has 1 saturated heterocycles. The number of nitrogens with zero attached hydrogens (tertiary/aromatic N) is 1. The molecule has 6 heteroatoms. The molecule has 2 aromatic carbocycles. The van der Waals surface area contributed by atoms with Crippen LogP contribution in [0.2, 0.25) is 0 Å². The lowest BCUT2D eigenvalue weighted by Crippen LogP contribution is -2.31. The molecule has 6 nitrogen and oxygen atoms in total. The summed E-state index contributed by atoms with van der Waals surface area (Å²) in [5.41, 5.74) is 2.44. The van der Waals surface area contributed by atoms with E-state index in [0.717, 1.165) is 12.0 Å². The van der Waals surface area contributed by atoms with Crippen LogP contribution in [-0.2, 0) is 20.7 Å². The molecule has 1 amide bonds. The maximum atomic E-state index is 13.1. The van der Waals surface area contributed by atoms with E-state index >= 15 is 0 Å². The molecule has 1 aliphatic rings. The van der Waals surface area contributed by atoms with Crippen molar-refractivity contribution in [2.45, 2.75) is 45.8 Å². The van der Waals surface area contributed by atoms with Crippen molar-refractivity contribution in [3.8, 4) is 5.75 Å². The van der Waals surface area contributed by atoms with E-state index in [0.29, 0.717) is 36.4 Å². The van der Waals surface area contributed by atoms with Crippen molar-refractivity contribution in [1.82, 2.24) is 4.90 Å². The number of likely N-dealkylation sites (tertiary alicyclic amines) is 1. The Morgan fingerprint density at radius 3 is 2.47 bits per heavy atom. The molecule has 1 fully saturated rings. The molecule has 1 atom stereocenters. The van der Waals surface area contributed by atoms with E-state index in [2.05, 4.69) is 0 Å². The van der Waals surface area contributed by atoms with Crippen LogP contribution in [-0.4, -0.2) is 48.1 Å². The lowest BCUT2D eigenvalue weighted by Gasteiger charge is -2.25. The van der Waals surface area contributed by atoms with E-state index in [-0.39, 0.29) is 17.4 Å². The van der Waals surface area contributed by atoms with Crippen LogP contribution in [0.1, 0.15) is 49.9 Å². The van der Waals surface area contributed by atoms with Crippen molar-refractivity contribution in [2.75, 3.05) is 20.3 Å². The van der Waals surface area contributed by atoms with Gasteiger partial charge in [-0.1, -0.05) is 43.3 Å². The molecule has 0 bridgehead atoms. The summed E-state index contributed by atoms with van der Waals surface area (Å²) in [5.74, 6) is -0.850. The summed E-state index contributed by atoms with van der Waals surface area (Å²) in [5, 5.41) is 11.1. The Morgan fingerprint density at radius 2 is 1.84 bits per heavy atom. The van der Waals surface area contributed by atoms with Gasteiger partial charge >= 0.3 is 0 Å². The van der Waals surface area contributed by atoms with Gasteiger partial charge in [-0.05, 0) is 49.9 Å². The second kappa shape index (κ2) is 10.5. The first-order valence-electron chi connectivity index (χ1n) is 11.0. The molecule has 0 spiro atoms. The van der Waals surface area contributed by atoms with Crippen LogP contribution in [0.5, 0.6) is 5.75 Å². The molecule has 1 heterocycles. The van der Waals surface area contributed by atoms with Gasteiger partial charge in [0.2, 0.25) is 0 Å². The van der Waals surface area contributed by atoms with Gasteiger partial charge in [-0.25, -0.2) is 0 Å². The van der Waals surface area contributed by atoms with Gasteiger partial charge in [0.05, 0.1) is 24.8 Å². The van der Waals surface area contributed by atoms with E-state index in [1.807, 2.05) is 45.0 Å². The first-order valence-corrected chi connectivity index (χ1v) is 11.0. The molecule has 1 unspecified atom stereocenters. The second-order valence-electron chi connectivity index (χ2n) is 8.09. The predicted molar refractivity (Wildman–Crippen MR) is 124 cm³/mol. The van der Waals surface area contributed by atoms with Crippen LogP contribution in [0.3, 0.4) is 0 Å². The Kier molecular flexibility index (Phi) is 7.70. The molecule has 2 aromatic rings. The van der Waals surface area contributed by atoms with Crippen LogP contribution in [0, 0.1) is 0 Å². The van der Waals surface area contributed by atoms with Gasteiger partial charge in [0.15, 0.2) is 0 Å². The van der Waals surface area contributed by atoms with Gasteiger partial charge in [-0.3, -0.25) is 9.59 Å². The van der Waals surface area contributed by atoms with Crippen LogP contribution in [0.4, 0.5) is 0 Å². The fraction of sp³-hybridized carbons (Fsp3) is 0.385. The zero-order valence-corrected chi connectivity index (χ0v) is 19.1. The van der Waals surface area contributed by atoms with Crippen LogP contribution in [0.25, 0.3) is 5.76 Å². The third-order valence-electron chi connectivity index (χ3n) is 5.58. The van der Waals surface area contributed by atoms with E-state index < -0.39 is 17.7 Å². The molecule has 0 aromatic heterocycles. The Labute approximate surface area is 189 Å². The highest BCUT2D eigenvalue weighted by Crippen LogP contribution is 2.40. The number of ketones is 1. The molecular weight excluding hydrogens is 406 g/mol. The number of hydrogen-bond donors (Lipinski definition) is 1. The first kappa shape index (κ1) is 23.5. The molecule has 32 heavy (non-hydrogen) atoms. The molecular formula is C26H31NO5. The summed E-state index contributed by atoms with van der Waals surface area (Å²) >= 11 is 0. The van der Waals surface area contributed by atoms with Crippen LogP contribution >= 0.6 is 0 Å². The summed E-state index contributed by atoms with van der Waals surface area (Å²) in [7, 11) is 1.56. The normalized spacial score (nSPS) is 17.9. The Morgan fingerprint density at radius 1 is 1.12 bits per heavy atom. The van der Waals surface area contributed by atoms with Crippen molar-refractivity contribution in [2.24, 2.45) is 0 Å². The molecule has 170 valence electrons. The molecule has 0 saturated carbocycles. The van der Waals surface area contributed by atoms with Gasteiger partial charge in [-0.2, -0.15) is 0 Å². The van der Waals surface area contributed by atoms with Crippen molar-refractivity contribution in [3.63, 3.8) is 0 Å². The second-order valence-corrected chi connectivity index (χ2v) is 8.09. The molecule has 0 radical (unpaired) electrons. The SMILES string of the molecule is CCc1ccc(/C(O)=C2/C(=O)C(=O)N(CCCOC(C)C)C2c2cccc(OC)c2)cc1. The molecule has 0 aliphatic carbocycles. The topological polar surface area (TPSA) is 76.1 Å². The van der Waals surface area contributed by atoms with E-state index in [1.165, 1.54) is 4.90 Å². The highest BCUT2D eigenvalue weighted by molar-refractivity contribution is 6.46. The van der Waals surface area contributed by atoms with E-state index in [1.54, 1.807) is 31.4 Å². The lowest BCUT2D eigenvalue weighted by atomic mass is 9.94. The number of hydrogen-bond acceptors (Lipinski definition) is 5. The van der Waals surface area contributed by atoms with Crippen molar-refractivity contribution in [1.29, 1.82) is 0 Å². The number of carbonyl (C=O) groups is 2. The van der Waals surface area contributed by atoms with Gasteiger partial charge in [0, 0.05) is 18.7 Å². The average Bonchev–Trinajstić information content (AvgIpc) is 3.06. The van der Waals surface area contributed by atoms with Crippen LogP contribution < -0.4 is 4.74 Å². The van der Waals surface area contributed by atoms with Crippen molar-refractivity contribution < 1.29 is 24.2 Å². The Hall–Kier alpha value is -3.12. The van der Waals surface area contributed by atoms with Crippen molar-refractivity contribution >= 4 is 17.4 Å². The quantitative estimate of drug-likeness (QED) is 0.271. The fourth-order valence-electron chi connectivity index (χ4n) is 3.88. The smallest absolute Gasteiger partial charge is 0.295 e. The molecule has 1 aliphatic heterocycles. The number of ether oxygens (including phenoxy) is 2. The van der Waals surface area contributed by atoms with Crippen molar-refractivity contribution in [3.05, 3.63) is 70.8 Å². The lowest BCUT2D eigenvalue weighted by molar-refractivity contribution is -0.140. The minimum atomic E-state index is -0.699. The number of benzene rings is 2. The average molecular weight is 438 g/mol. The Bertz CT molecular complexity index is 994. The van der Waals surface area contributed by atoms with Gasteiger partial charge in [0.25, 0.3) is 11.7 Å². The highest BCUT2D eigenvalue weighted by atomic mass is 16.5. The van der Waals surface area contributed by atoms with Gasteiger partial charge in [-0.15, -0.1) is 0 Å². The number of carbonyl (C=O) groups excluding carboxylic acids is 2. The minimum Gasteiger partial charge on any atom is -0.507 e. The number of aliphatic hydroxyl groups is 1. The third-order valence-corrected chi connectivity index (χ3v) is 5.58. The third kappa shape index (κ3) is 5.02. The minimum absolute atomic E-state index is 0.0886. The summed E-state index contributed by atoms with van der Waals surface area (Å²) in [4.78, 5) is 27.6. The first-order chi connectivity index (χ1) is 15.4. The number of aliphatic hydroxyl groups excluding tert-OH is 1. The summed E-state index contributed by atoms with van der Waals surface area (Å²) in [6.07, 6.45) is 1.54. The zero-order valence-electron chi connectivity index (χ0n) is 19.1. The number of amides is 1. The molecule has 3 rings (SSSR count). The number of rotatable bonds is 9. The summed E-state index contributed by atoms with van der Waals surface area (Å²) in [6, 6.07) is 13.9. The van der Waals surface area contributed by atoms with Gasteiger partial charge < -0.3 is 19.5 Å². The van der Waals surface area contributed by atoms with Crippen LogP contribution in [0.15, 0.2) is 54.1 Å². The highest BCUT2D eigenvalue weighted by Gasteiger charge is 2.45. The standard InChI is InChI=1S/C26H31NO5/c1-5-18-10-12-19(13-11-18)24(28)22-23(20-8-6-9-21(16-20)31-4)27(26(30)25(22)29)14-7-15-32-17(2)3/h6,8-13,16-17,23,28H,5,7,14-15H2,1-4H3/b24-22-.